The molecule has 67 valence electrons. The standard InChI is InChI=1S/C5H11NO3S2.Na/c6-11(7,8)9-5-2-1-3-10-4-5;/h5H,1-4H2,(H2,6,7,8);. The van der Waals surface area contributed by atoms with E-state index >= 15 is 0 Å². The first-order chi connectivity index (χ1) is 5.08. The second-order valence-electron chi connectivity index (χ2n) is 2.43. The zero-order chi connectivity index (χ0) is 8.32. The van der Waals surface area contributed by atoms with Gasteiger partial charge in [0.05, 0.1) is 6.10 Å². The van der Waals surface area contributed by atoms with Crippen molar-refractivity contribution in [1.29, 1.82) is 0 Å². The van der Waals surface area contributed by atoms with Gasteiger partial charge in [-0.3, -0.25) is 4.18 Å². The predicted molar refractivity (Wildman–Crippen MR) is 50.3 cm³/mol. The Morgan fingerprint density at radius 1 is 1.50 bits per heavy atom. The van der Waals surface area contributed by atoms with E-state index in [1.807, 2.05) is 0 Å². The molecular formula is C5H11NNaO3S2. The van der Waals surface area contributed by atoms with Gasteiger partial charge in [0.25, 0.3) is 0 Å². The van der Waals surface area contributed by atoms with E-state index in [1.54, 1.807) is 11.8 Å². The van der Waals surface area contributed by atoms with E-state index in [0.29, 0.717) is 0 Å². The van der Waals surface area contributed by atoms with Crippen molar-refractivity contribution in [2.75, 3.05) is 11.5 Å². The number of rotatable bonds is 2. The summed E-state index contributed by atoms with van der Waals surface area (Å²) in [5.41, 5.74) is 0. The molecule has 4 nitrogen and oxygen atoms in total. The molecule has 0 bridgehead atoms. The van der Waals surface area contributed by atoms with Crippen molar-refractivity contribution in [1.82, 2.24) is 0 Å². The van der Waals surface area contributed by atoms with Crippen LogP contribution >= 0.6 is 11.8 Å². The SMILES string of the molecule is NS(=O)(=O)OC1CCCSC1.[Na]. The molecule has 1 saturated heterocycles. The molecule has 0 spiro atoms. The van der Waals surface area contributed by atoms with Crippen LogP contribution in [-0.2, 0) is 14.5 Å². The van der Waals surface area contributed by atoms with Crippen LogP contribution in [0.15, 0.2) is 0 Å². The van der Waals surface area contributed by atoms with Crippen molar-refractivity contribution < 1.29 is 12.6 Å². The second-order valence-corrected chi connectivity index (χ2v) is 4.76. The van der Waals surface area contributed by atoms with Gasteiger partial charge in [-0.1, -0.05) is 0 Å². The molecule has 12 heavy (non-hydrogen) atoms. The van der Waals surface area contributed by atoms with Gasteiger partial charge in [-0.25, -0.2) is 5.14 Å². The molecule has 1 aliphatic heterocycles. The van der Waals surface area contributed by atoms with Crippen LogP contribution in [0.5, 0.6) is 0 Å². The van der Waals surface area contributed by atoms with Crippen molar-refractivity contribution in [3.05, 3.63) is 0 Å². The number of hydrogen-bond acceptors (Lipinski definition) is 4. The van der Waals surface area contributed by atoms with E-state index in [9.17, 15) is 8.42 Å². The normalized spacial score (nSPS) is 24.6. The van der Waals surface area contributed by atoms with Crippen LogP contribution in [0.4, 0.5) is 0 Å². The van der Waals surface area contributed by atoms with Gasteiger partial charge in [-0.05, 0) is 18.6 Å². The van der Waals surface area contributed by atoms with Gasteiger partial charge in [-0.2, -0.15) is 20.2 Å². The third kappa shape index (κ3) is 5.80. The summed E-state index contributed by atoms with van der Waals surface area (Å²) in [6.07, 6.45) is 1.60. The first-order valence-electron chi connectivity index (χ1n) is 3.37. The first kappa shape index (κ1) is 13.2. The van der Waals surface area contributed by atoms with Crippen LogP contribution in [0.25, 0.3) is 0 Å². The molecule has 0 aromatic carbocycles. The molecule has 2 N–H and O–H groups in total. The Kier molecular flexibility index (Phi) is 6.44. The molecule has 0 aromatic rings. The van der Waals surface area contributed by atoms with Gasteiger partial charge < -0.3 is 0 Å². The fourth-order valence-corrected chi connectivity index (χ4v) is 2.64. The molecule has 7 heteroatoms. The molecular weight excluding hydrogens is 209 g/mol. The van der Waals surface area contributed by atoms with E-state index in [4.69, 9.17) is 5.14 Å². The Balaban J connectivity index is 0.00000121. The van der Waals surface area contributed by atoms with Crippen LogP contribution in [0.3, 0.4) is 0 Å². The maximum atomic E-state index is 10.4. The molecule has 1 heterocycles. The van der Waals surface area contributed by atoms with Crippen molar-refractivity contribution in [3.8, 4) is 0 Å². The summed E-state index contributed by atoms with van der Waals surface area (Å²) in [5, 5.41) is 4.71. The Morgan fingerprint density at radius 3 is 2.58 bits per heavy atom. The third-order valence-electron chi connectivity index (χ3n) is 1.39. The van der Waals surface area contributed by atoms with Gasteiger partial charge >= 0.3 is 10.3 Å². The topological polar surface area (TPSA) is 69.4 Å². The van der Waals surface area contributed by atoms with Crippen molar-refractivity contribution in [2.24, 2.45) is 5.14 Å². The zero-order valence-corrected chi connectivity index (χ0v) is 10.7. The number of thioether (sulfide) groups is 1. The van der Waals surface area contributed by atoms with Gasteiger partial charge in [0.2, 0.25) is 0 Å². The Bertz CT molecular complexity index is 213. The minimum atomic E-state index is -3.74. The fraction of sp³-hybridized carbons (Fsp3) is 1.00. The van der Waals surface area contributed by atoms with Crippen LogP contribution < -0.4 is 5.14 Å². The minimum Gasteiger partial charge on any atom is -0.254 e. The number of hydrogen-bond donors (Lipinski definition) is 1. The maximum absolute atomic E-state index is 10.4. The molecule has 0 aromatic heterocycles. The Labute approximate surface area is 99.2 Å². The van der Waals surface area contributed by atoms with Crippen molar-refractivity contribution in [3.63, 3.8) is 0 Å². The summed E-state index contributed by atoms with van der Waals surface area (Å²) in [6, 6.07) is 0. The Hall–Kier alpha value is 1.22. The van der Waals surface area contributed by atoms with Crippen molar-refractivity contribution in [2.45, 2.75) is 18.9 Å². The van der Waals surface area contributed by atoms with E-state index in [2.05, 4.69) is 4.18 Å². The van der Waals surface area contributed by atoms with Gasteiger partial charge in [0.15, 0.2) is 0 Å². The quantitative estimate of drug-likeness (QED) is 0.650. The molecule has 0 aliphatic carbocycles. The van der Waals surface area contributed by atoms with E-state index in [1.165, 1.54) is 0 Å². The summed E-state index contributed by atoms with van der Waals surface area (Å²) in [4.78, 5) is 0. The molecule has 1 radical (unpaired) electrons. The van der Waals surface area contributed by atoms with E-state index < -0.39 is 10.3 Å². The third-order valence-corrected chi connectivity index (χ3v) is 3.11. The van der Waals surface area contributed by atoms with Gasteiger partial charge in [0, 0.05) is 35.3 Å². The molecule has 0 saturated carbocycles. The van der Waals surface area contributed by atoms with Crippen molar-refractivity contribution >= 4 is 51.6 Å². The van der Waals surface area contributed by atoms with Crippen LogP contribution in [0.2, 0.25) is 0 Å². The predicted octanol–water partition coefficient (Wildman–Crippen LogP) is -0.279. The minimum absolute atomic E-state index is 0. The molecule has 1 aliphatic rings. The molecule has 0 amide bonds. The molecule has 1 fully saturated rings. The van der Waals surface area contributed by atoms with E-state index in [0.717, 1.165) is 24.3 Å². The zero-order valence-electron chi connectivity index (χ0n) is 7.02. The summed E-state index contributed by atoms with van der Waals surface area (Å²) >= 11 is 1.70. The largest absolute Gasteiger partial charge is 0.333 e. The van der Waals surface area contributed by atoms with Gasteiger partial charge in [0.1, 0.15) is 0 Å². The smallest absolute Gasteiger partial charge is 0.254 e. The second kappa shape index (κ2) is 5.85. The maximum Gasteiger partial charge on any atom is 0.333 e. The van der Waals surface area contributed by atoms with E-state index in [-0.39, 0.29) is 35.7 Å². The first-order valence-corrected chi connectivity index (χ1v) is 5.99. The van der Waals surface area contributed by atoms with Crippen LogP contribution in [0.1, 0.15) is 12.8 Å². The van der Waals surface area contributed by atoms with Crippen LogP contribution in [-0.4, -0.2) is 55.6 Å². The average Bonchev–Trinajstić information content (AvgIpc) is 1.85. The summed E-state index contributed by atoms with van der Waals surface area (Å²) in [7, 11) is -3.74. The summed E-state index contributed by atoms with van der Waals surface area (Å²) in [6.45, 7) is 0. The number of nitrogens with two attached hydrogens (primary N) is 1. The van der Waals surface area contributed by atoms with Crippen LogP contribution in [0, 0.1) is 0 Å². The monoisotopic (exact) mass is 220 g/mol. The molecule has 1 atom stereocenters. The molecule has 1 rings (SSSR count). The Morgan fingerprint density at radius 2 is 2.17 bits per heavy atom. The van der Waals surface area contributed by atoms with Gasteiger partial charge in [-0.15, -0.1) is 0 Å². The fourth-order valence-electron chi connectivity index (χ4n) is 0.977. The average molecular weight is 220 g/mol. The summed E-state index contributed by atoms with van der Waals surface area (Å²) < 4.78 is 25.5. The molecule has 1 unspecified atom stereocenters. The summed E-state index contributed by atoms with van der Waals surface area (Å²) in [5.74, 6) is 1.82.